The highest BCUT2D eigenvalue weighted by Crippen LogP contribution is 2.35. The maximum absolute atomic E-state index is 12.0. The van der Waals surface area contributed by atoms with Crippen LogP contribution in [0.15, 0.2) is 18.2 Å². The Morgan fingerprint density at radius 3 is 2.75 bits per heavy atom. The summed E-state index contributed by atoms with van der Waals surface area (Å²) < 4.78 is 6.27. The van der Waals surface area contributed by atoms with Crippen molar-refractivity contribution < 1.29 is 9.53 Å². The topological polar surface area (TPSA) is 26.3 Å². The molecule has 1 aromatic carbocycles. The monoisotopic (exact) mass is 272 g/mol. The molecular weight excluding hydrogens is 248 g/mol. The summed E-state index contributed by atoms with van der Waals surface area (Å²) in [6, 6.07) is 5.96. The Morgan fingerprint density at radius 1 is 1.10 bits per heavy atom. The van der Waals surface area contributed by atoms with Gasteiger partial charge in [-0.3, -0.25) is 4.79 Å². The van der Waals surface area contributed by atoms with Crippen molar-refractivity contribution in [1.29, 1.82) is 0 Å². The van der Waals surface area contributed by atoms with E-state index in [1.54, 1.807) is 0 Å². The largest absolute Gasteiger partial charge is 0.490 e. The number of carbonyl (C=O) groups excluding carboxylic acids is 1. The Labute approximate surface area is 121 Å². The van der Waals surface area contributed by atoms with Crippen molar-refractivity contribution in [3.05, 3.63) is 29.3 Å². The van der Waals surface area contributed by atoms with Gasteiger partial charge in [-0.2, -0.15) is 0 Å². The molecule has 0 spiro atoms. The molecule has 2 heteroatoms. The van der Waals surface area contributed by atoms with Gasteiger partial charge in [-0.05, 0) is 50.0 Å². The summed E-state index contributed by atoms with van der Waals surface area (Å²) in [6.45, 7) is 4.66. The highest BCUT2D eigenvalue weighted by Gasteiger charge is 2.27. The van der Waals surface area contributed by atoms with Crippen molar-refractivity contribution in [3.8, 4) is 5.75 Å². The van der Waals surface area contributed by atoms with Crippen LogP contribution in [0.5, 0.6) is 5.75 Å². The minimum Gasteiger partial charge on any atom is -0.490 e. The molecule has 0 saturated heterocycles. The zero-order valence-electron chi connectivity index (χ0n) is 12.5. The molecule has 2 aliphatic rings. The fourth-order valence-corrected chi connectivity index (χ4v) is 3.54. The van der Waals surface area contributed by atoms with Gasteiger partial charge < -0.3 is 4.74 Å². The standard InChI is InChI=1S/C18H24O2/c1-12-9-10-14(11-13(12)2)20-18-8-4-5-15-16(18)6-3-7-17(15)19/h4-5,8,12-14H,3,6-7,9-11H2,1-2H3. The van der Waals surface area contributed by atoms with E-state index in [9.17, 15) is 4.79 Å². The molecule has 0 amide bonds. The SMILES string of the molecule is CC1CCC(Oc2cccc3c2CCCC3=O)CC1C. The number of hydrogen-bond acceptors (Lipinski definition) is 2. The first kappa shape index (κ1) is 13.7. The molecule has 3 rings (SSSR count). The number of hydrogen-bond donors (Lipinski definition) is 0. The summed E-state index contributed by atoms with van der Waals surface area (Å²) >= 11 is 0. The van der Waals surface area contributed by atoms with Crippen LogP contribution in [0.4, 0.5) is 0 Å². The van der Waals surface area contributed by atoms with Gasteiger partial charge in [0.25, 0.3) is 0 Å². The van der Waals surface area contributed by atoms with Crippen LogP contribution >= 0.6 is 0 Å². The van der Waals surface area contributed by atoms with Crippen LogP contribution in [0.3, 0.4) is 0 Å². The molecule has 0 bridgehead atoms. The third-order valence-electron chi connectivity index (χ3n) is 5.11. The molecule has 0 radical (unpaired) electrons. The summed E-state index contributed by atoms with van der Waals surface area (Å²) in [7, 11) is 0. The van der Waals surface area contributed by atoms with Gasteiger partial charge >= 0.3 is 0 Å². The van der Waals surface area contributed by atoms with E-state index >= 15 is 0 Å². The second-order valence-corrected chi connectivity index (χ2v) is 6.57. The molecule has 2 aliphatic carbocycles. The van der Waals surface area contributed by atoms with Gasteiger partial charge in [0.1, 0.15) is 5.75 Å². The van der Waals surface area contributed by atoms with Crippen molar-refractivity contribution in [2.45, 2.75) is 58.5 Å². The van der Waals surface area contributed by atoms with E-state index in [1.165, 1.54) is 6.42 Å². The molecule has 20 heavy (non-hydrogen) atoms. The Bertz CT molecular complexity index is 506. The third-order valence-corrected chi connectivity index (χ3v) is 5.11. The number of carbonyl (C=O) groups is 1. The van der Waals surface area contributed by atoms with Gasteiger partial charge in [0.15, 0.2) is 5.78 Å². The maximum atomic E-state index is 12.0. The normalized spacial score (nSPS) is 29.9. The van der Waals surface area contributed by atoms with Crippen LogP contribution in [0.25, 0.3) is 0 Å². The van der Waals surface area contributed by atoms with Gasteiger partial charge in [-0.25, -0.2) is 0 Å². The Kier molecular flexibility index (Phi) is 3.82. The first-order chi connectivity index (χ1) is 9.65. The van der Waals surface area contributed by atoms with Crippen molar-refractivity contribution in [2.24, 2.45) is 11.8 Å². The number of fused-ring (bicyclic) bond motifs is 1. The minimum absolute atomic E-state index is 0.280. The highest BCUT2D eigenvalue weighted by molar-refractivity contribution is 5.99. The Hall–Kier alpha value is -1.31. The zero-order chi connectivity index (χ0) is 14.1. The predicted molar refractivity (Wildman–Crippen MR) is 80.3 cm³/mol. The van der Waals surface area contributed by atoms with E-state index in [2.05, 4.69) is 13.8 Å². The number of ether oxygens (including phenoxy) is 1. The Morgan fingerprint density at radius 2 is 1.95 bits per heavy atom. The molecule has 3 unspecified atom stereocenters. The van der Waals surface area contributed by atoms with E-state index in [0.29, 0.717) is 12.5 Å². The molecule has 2 nitrogen and oxygen atoms in total. The van der Waals surface area contributed by atoms with Crippen LogP contribution in [-0.4, -0.2) is 11.9 Å². The molecule has 0 aliphatic heterocycles. The lowest BCUT2D eigenvalue weighted by molar-refractivity contribution is 0.0945. The first-order valence-corrected chi connectivity index (χ1v) is 7.97. The molecule has 3 atom stereocenters. The molecular formula is C18H24O2. The second kappa shape index (κ2) is 5.59. The smallest absolute Gasteiger partial charge is 0.163 e. The number of Topliss-reactive ketones (excluding diaryl/α,β-unsaturated/α-hetero) is 1. The van der Waals surface area contributed by atoms with Crippen molar-refractivity contribution >= 4 is 5.78 Å². The average Bonchev–Trinajstić information content (AvgIpc) is 2.44. The summed E-state index contributed by atoms with van der Waals surface area (Å²) in [5.74, 6) is 2.78. The second-order valence-electron chi connectivity index (χ2n) is 6.57. The third kappa shape index (κ3) is 2.61. The average molecular weight is 272 g/mol. The fourth-order valence-electron chi connectivity index (χ4n) is 3.54. The van der Waals surface area contributed by atoms with Crippen LogP contribution in [0.1, 0.15) is 61.9 Å². The lowest BCUT2D eigenvalue weighted by Crippen LogP contribution is -2.29. The van der Waals surface area contributed by atoms with E-state index < -0.39 is 0 Å². The molecule has 0 N–H and O–H groups in total. The van der Waals surface area contributed by atoms with Crippen LogP contribution in [0.2, 0.25) is 0 Å². The molecule has 1 saturated carbocycles. The van der Waals surface area contributed by atoms with Crippen molar-refractivity contribution in [2.75, 3.05) is 0 Å². The first-order valence-electron chi connectivity index (χ1n) is 7.97. The van der Waals surface area contributed by atoms with Crippen LogP contribution in [0, 0.1) is 11.8 Å². The Balaban J connectivity index is 1.78. The van der Waals surface area contributed by atoms with Gasteiger partial charge in [0.2, 0.25) is 0 Å². The summed E-state index contributed by atoms with van der Waals surface area (Å²) in [5, 5.41) is 0. The minimum atomic E-state index is 0.280. The lowest BCUT2D eigenvalue weighted by atomic mass is 9.80. The van der Waals surface area contributed by atoms with Crippen LogP contribution in [-0.2, 0) is 6.42 Å². The number of benzene rings is 1. The quantitative estimate of drug-likeness (QED) is 0.797. The number of rotatable bonds is 2. The molecule has 0 heterocycles. The maximum Gasteiger partial charge on any atom is 0.163 e. The van der Waals surface area contributed by atoms with E-state index in [4.69, 9.17) is 4.74 Å². The molecule has 0 aromatic heterocycles. The van der Waals surface area contributed by atoms with E-state index in [-0.39, 0.29) is 5.78 Å². The predicted octanol–water partition coefficient (Wildman–Crippen LogP) is 4.41. The summed E-state index contributed by atoms with van der Waals surface area (Å²) in [4.78, 5) is 12.0. The van der Waals surface area contributed by atoms with Crippen molar-refractivity contribution in [3.63, 3.8) is 0 Å². The van der Waals surface area contributed by atoms with Gasteiger partial charge in [0, 0.05) is 17.5 Å². The molecule has 108 valence electrons. The summed E-state index contributed by atoms with van der Waals surface area (Å²) in [5.41, 5.74) is 2.04. The summed E-state index contributed by atoms with van der Waals surface area (Å²) in [6.07, 6.45) is 6.49. The van der Waals surface area contributed by atoms with Crippen molar-refractivity contribution in [1.82, 2.24) is 0 Å². The fraction of sp³-hybridized carbons (Fsp3) is 0.611. The molecule has 1 aromatic rings. The highest BCUT2D eigenvalue weighted by atomic mass is 16.5. The van der Waals surface area contributed by atoms with Crippen LogP contribution < -0.4 is 4.74 Å². The van der Waals surface area contributed by atoms with E-state index in [1.807, 2.05) is 18.2 Å². The molecule has 1 fully saturated rings. The number of ketones is 1. The van der Waals surface area contributed by atoms with Gasteiger partial charge in [-0.1, -0.05) is 26.0 Å². The van der Waals surface area contributed by atoms with E-state index in [0.717, 1.165) is 54.4 Å². The zero-order valence-corrected chi connectivity index (χ0v) is 12.5. The lowest BCUT2D eigenvalue weighted by Gasteiger charge is -2.33. The van der Waals surface area contributed by atoms with Gasteiger partial charge in [-0.15, -0.1) is 0 Å². The van der Waals surface area contributed by atoms with Gasteiger partial charge in [0.05, 0.1) is 6.10 Å².